The summed E-state index contributed by atoms with van der Waals surface area (Å²) in [6.07, 6.45) is 2.82. The molecule has 0 saturated heterocycles. The molecule has 3 aromatic rings. The third kappa shape index (κ3) is 4.39. The van der Waals surface area contributed by atoms with Crippen LogP contribution in [0.2, 0.25) is 0 Å². The number of ether oxygens (including phenoxy) is 1. The molecule has 1 heterocycles. The minimum absolute atomic E-state index is 0.161. The van der Waals surface area contributed by atoms with Gasteiger partial charge in [0.1, 0.15) is 11.1 Å². The summed E-state index contributed by atoms with van der Waals surface area (Å²) in [6.45, 7) is 1.52. The molecule has 6 nitrogen and oxygen atoms in total. The lowest BCUT2D eigenvalue weighted by atomic mass is 10.1. The molecule has 0 radical (unpaired) electrons. The molecule has 0 bridgehead atoms. The number of benzene rings is 2. The molecule has 1 N–H and O–H groups in total. The van der Waals surface area contributed by atoms with Crippen LogP contribution in [-0.4, -0.2) is 29.2 Å². The van der Waals surface area contributed by atoms with Crippen LogP contribution < -0.4 is 5.32 Å². The summed E-state index contributed by atoms with van der Waals surface area (Å²) in [5, 5.41) is 14.8. The van der Waals surface area contributed by atoms with E-state index in [0.717, 1.165) is 29.3 Å². The Morgan fingerprint density at radius 1 is 1.23 bits per heavy atom. The third-order valence-electron chi connectivity index (χ3n) is 5.23. The van der Waals surface area contributed by atoms with E-state index in [1.165, 1.54) is 18.7 Å². The van der Waals surface area contributed by atoms with Gasteiger partial charge in [-0.25, -0.2) is 9.78 Å². The Bertz CT molecular complexity index is 1210. The number of nitrogens with one attached hydrogen (secondary N) is 1. The molecule has 0 spiro atoms. The largest absolute Gasteiger partial charge is 0.449 e. The number of nitriles is 1. The van der Waals surface area contributed by atoms with Crippen molar-refractivity contribution in [1.29, 1.82) is 5.26 Å². The number of nitrogens with zero attached hydrogens (tertiary/aromatic N) is 2. The van der Waals surface area contributed by atoms with Crippen LogP contribution in [0.4, 0.5) is 5.69 Å². The number of carbonyl (C=O) groups is 2. The second kappa shape index (κ2) is 8.78. The number of rotatable bonds is 6. The first-order valence-electron chi connectivity index (χ1n) is 10.0. The van der Waals surface area contributed by atoms with E-state index in [9.17, 15) is 14.9 Å². The standard InChI is InChI=1S/C24H21N3O3S/c1-14(22(28)26-20-9-5-7-15-6-3-4-8-17(15)20)30-24(29)18-12-21(16-10-11-16)27-23(31-2)19(18)13-25/h3-9,12,14,16H,10-11H2,1-2H3,(H,26,28). The number of esters is 1. The fourth-order valence-electron chi connectivity index (χ4n) is 3.39. The fraction of sp³-hybridized carbons (Fsp3) is 0.250. The molecule has 1 aliphatic rings. The highest BCUT2D eigenvalue weighted by Crippen LogP contribution is 2.40. The lowest BCUT2D eigenvalue weighted by Crippen LogP contribution is -2.30. The lowest BCUT2D eigenvalue weighted by molar-refractivity contribution is -0.123. The third-order valence-corrected chi connectivity index (χ3v) is 5.91. The first-order chi connectivity index (χ1) is 15.0. The molecule has 4 rings (SSSR count). The molecule has 1 unspecified atom stereocenters. The molecule has 156 valence electrons. The Morgan fingerprint density at radius 3 is 2.68 bits per heavy atom. The summed E-state index contributed by atoms with van der Waals surface area (Å²) in [6, 6.07) is 17.0. The molecule has 1 saturated carbocycles. The lowest BCUT2D eigenvalue weighted by Gasteiger charge is -2.16. The molecule has 7 heteroatoms. The Labute approximate surface area is 184 Å². The van der Waals surface area contributed by atoms with Gasteiger partial charge in [0.25, 0.3) is 5.91 Å². The molecule has 0 aliphatic heterocycles. The zero-order valence-corrected chi connectivity index (χ0v) is 18.0. The topological polar surface area (TPSA) is 92.1 Å². The maximum absolute atomic E-state index is 12.9. The van der Waals surface area contributed by atoms with Crippen molar-refractivity contribution in [1.82, 2.24) is 4.98 Å². The number of hydrogen-bond acceptors (Lipinski definition) is 6. The van der Waals surface area contributed by atoms with Gasteiger partial charge in [-0.15, -0.1) is 11.8 Å². The van der Waals surface area contributed by atoms with Gasteiger partial charge in [-0.05, 0) is 43.5 Å². The first-order valence-corrected chi connectivity index (χ1v) is 11.2. The Kier molecular flexibility index (Phi) is 5.92. The summed E-state index contributed by atoms with van der Waals surface area (Å²) in [7, 11) is 0. The van der Waals surface area contributed by atoms with E-state index < -0.39 is 18.0 Å². The molecular formula is C24H21N3O3S. The van der Waals surface area contributed by atoms with Crippen LogP contribution in [-0.2, 0) is 9.53 Å². The van der Waals surface area contributed by atoms with Crippen molar-refractivity contribution in [3.05, 3.63) is 65.4 Å². The normalized spacial score (nSPS) is 14.0. The number of amides is 1. The number of hydrogen-bond donors (Lipinski definition) is 1. The minimum Gasteiger partial charge on any atom is -0.449 e. The number of anilines is 1. The molecular weight excluding hydrogens is 410 g/mol. The van der Waals surface area contributed by atoms with E-state index in [1.54, 1.807) is 12.1 Å². The maximum Gasteiger partial charge on any atom is 0.340 e. The van der Waals surface area contributed by atoms with Gasteiger partial charge in [0.05, 0.1) is 11.1 Å². The minimum atomic E-state index is -1.03. The van der Waals surface area contributed by atoms with Crippen LogP contribution in [0.25, 0.3) is 10.8 Å². The van der Waals surface area contributed by atoms with Crippen molar-refractivity contribution >= 4 is 40.1 Å². The molecule has 2 aromatic carbocycles. The van der Waals surface area contributed by atoms with Crippen LogP contribution in [0.5, 0.6) is 0 Å². The van der Waals surface area contributed by atoms with E-state index >= 15 is 0 Å². The van der Waals surface area contributed by atoms with Gasteiger partial charge in [0, 0.05) is 22.7 Å². The number of pyridine rings is 1. The predicted molar refractivity (Wildman–Crippen MR) is 120 cm³/mol. The van der Waals surface area contributed by atoms with Gasteiger partial charge >= 0.3 is 5.97 Å². The SMILES string of the molecule is CSc1nc(C2CC2)cc(C(=O)OC(C)C(=O)Nc2cccc3ccccc23)c1C#N. The van der Waals surface area contributed by atoms with Gasteiger partial charge in [0.15, 0.2) is 6.10 Å². The molecule has 1 atom stereocenters. The predicted octanol–water partition coefficient (Wildman–Crippen LogP) is 4.89. The van der Waals surface area contributed by atoms with Crippen molar-refractivity contribution in [2.75, 3.05) is 11.6 Å². The van der Waals surface area contributed by atoms with Crippen molar-refractivity contribution in [3.8, 4) is 6.07 Å². The Balaban J connectivity index is 1.54. The van der Waals surface area contributed by atoms with Gasteiger partial charge in [-0.1, -0.05) is 36.4 Å². The van der Waals surface area contributed by atoms with Crippen LogP contribution in [0.15, 0.2) is 53.6 Å². The van der Waals surface area contributed by atoms with Crippen molar-refractivity contribution in [2.45, 2.75) is 36.8 Å². The highest BCUT2D eigenvalue weighted by Gasteiger charge is 2.30. The van der Waals surface area contributed by atoms with Crippen LogP contribution in [0.3, 0.4) is 0 Å². The average Bonchev–Trinajstić information content (AvgIpc) is 3.63. The molecule has 1 amide bonds. The van der Waals surface area contributed by atoms with E-state index in [1.807, 2.05) is 42.7 Å². The highest BCUT2D eigenvalue weighted by molar-refractivity contribution is 7.98. The number of thioether (sulfide) groups is 1. The molecule has 1 fully saturated rings. The van der Waals surface area contributed by atoms with Crippen LogP contribution in [0, 0.1) is 11.3 Å². The molecule has 1 aliphatic carbocycles. The average molecular weight is 432 g/mol. The van der Waals surface area contributed by atoms with Crippen LogP contribution in [0.1, 0.15) is 47.3 Å². The quantitative estimate of drug-likeness (QED) is 0.441. The van der Waals surface area contributed by atoms with Gasteiger partial charge in [0.2, 0.25) is 0 Å². The Hall–Kier alpha value is -3.37. The second-order valence-electron chi connectivity index (χ2n) is 7.43. The highest BCUT2D eigenvalue weighted by atomic mass is 32.2. The monoisotopic (exact) mass is 431 g/mol. The van der Waals surface area contributed by atoms with Gasteiger partial charge < -0.3 is 10.1 Å². The van der Waals surface area contributed by atoms with Gasteiger partial charge in [-0.3, -0.25) is 4.79 Å². The Morgan fingerprint density at radius 2 is 1.97 bits per heavy atom. The zero-order valence-electron chi connectivity index (χ0n) is 17.2. The maximum atomic E-state index is 12.9. The fourth-order valence-corrected chi connectivity index (χ4v) is 3.95. The van der Waals surface area contributed by atoms with E-state index in [0.29, 0.717) is 16.6 Å². The van der Waals surface area contributed by atoms with Crippen molar-refractivity contribution < 1.29 is 14.3 Å². The molecule has 31 heavy (non-hydrogen) atoms. The van der Waals surface area contributed by atoms with E-state index in [2.05, 4.69) is 16.4 Å². The van der Waals surface area contributed by atoms with E-state index in [-0.39, 0.29) is 11.1 Å². The van der Waals surface area contributed by atoms with Gasteiger partial charge in [-0.2, -0.15) is 5.26 Å². The van der Waals surface area contributed by atoms with Crippen molar-refractivity contribution in [3.63, 3.8) is 0 Å². The number of aromatic nitrogens is 1. The smallest absolute Gasteiger partial charge is 0.340 e. The number of carbonyl (C=O) groups excluding carboxylic acids is 2. The summed E-state index contributed by atoms with van der Waals surface area (Å²) in [5.41, 5.74) is 1.79. The summed E-state index contributed by atoms with van der Waals surface area (Å²) in [5.74, 6) is -0.821. The zero-order chi connectivity index (χ0) is 22.0. The van der Waals surface area contributed by atoms with Crippen molar-refractivity contribution in [2.24, 2.45) is 0 Å². The number of fused-ring (bicyclic) bond motifs is 1. The second-order valence-corrected chi connectivity index (χ2v) is 8.22. The summed E-state index contributed by atoms with van der Waals surface area (Å²) >= 11 is 1.32. The van der Waals surface area contributed by atoms with Crippen LogP contribution >= 0.6 is 11.8 Å². The summed E-state index contributed by atoms with van der Waals surface area (Å²) in [4.78, 5) is 30.1. The molecule has 1 aromatic heterocycles. The summed E-state index contributed by atoms with van der Waals surface area (Å²) < 4.78 is 5.44. The van der Waals surface area contributed by atoms with E-state index in [4.69, 9.17) is 4.74 Å². The first kappa shape index (κ1) is 20.9.